The summed E-state index contributed by atoms with van der Waals surface area (Å²) < 4.78 is 27.6. The second-order valence-electron chi connectivity index (χ2n) is 5.85. The van der Waals surface area contributed by atoms with Gasteiger partial charge in [0.15, 0.2) is 0 Å². The van der Waals surface area contributed by atoms with Crippen LogP contribution in [0.25, 0.3) is 0 Å². The molecule has 0 saturated carbocycles. The molecular weight excluding hydrogens is 274 g/mol. The van der Waals surface area contributed by atoms with E-state index in [1.165, 1.54) is 18.2 Å². The highest BCUT2D eigenvalue weighted by Crippen LogP contribution is 2.32. The Hall–Kier alpha value is -1.49. The zero-order valence-electron chi connectivity index (χ0n) is 12.8. The molecule has 0 N–H and O–H groups in total. The third-order valence-electron chi connectivity index (χ3n) is 4.28. The van der Waals surface area contributed by atoms with Gasteiger partial charge in [0, 0.05) is 19.7 Å². The summed E-state index contributed by atoms with van der Waals surface area (Å²) in [4.78, 5) is 15.6. The smallest absolute Gasteiger partial charge is 0.239 e. The van der Waals surface area contributed by atoms with E-state index in [1.807, 2.05) is 6.92 Å². The number of benzene rings is 1. The van der Waals surface area contributed by atoms with Gasteiger partial charge in [0.2, 0.25) is 5.91 Å². The number of amides is 1. The van der Waals surface area contributed by atoms with Crippen molar-refractivity contribution in [3.8, 4) is 0 Å². The standard InChI is InChI=1S/C16H22F2N2O/c1-11(16(21)19(2)3)20-9-7-12(8-10-20)15-13(17)5-4-6-14(15)18/h4-6,11-12H,7-10H2,1-3H3. The Balaban J connectivity index is 2.02. The van der Waals surface area contributed by atoms with Crippen molar-refractivity contribution in [1.82, 2.24) is 9.80 Å². The second kappa shape index (κ2) is 6.52. The first-order valence-electron chi connectivity index (χ1n) is 7.31. The highest BCUT2D eigenvalue weighted by atomic mass is 19.1. The average molecular weight is 296 g/mol. The molecule has 1 amide bonds. The number of hydrogen-bond donors (Lipinski definition) is 0. The number of halogens is 2. The van der Waals surface area contributed by atoms with Crippen molar-refractivity contribution < 1.29 is 13.6 Å². The van der Waals surface area contributed by atoms with Crippen molar-refractivity contribution in [2.75, 3.05) is 27.2 Å². The molecule has 0 aliphatic carbocycles. The summed E-state index contributed by atoms with van der Waals surface area (Å²) in [5.74, 6) is -0.980. The molecule has 21 heavy (non-hydrogen) atoms. The van der Waals surface area contributed by atoms with Gasteiger partial charge in [-0.25, -0.2) is 8.78 Å². The predicted octanol–water partition coefficient (Wildman–Crippen LogP) is 2.62. The zero-order chi connectivity index (χ0) is 15.6. The van der Waals surface area contributed by atoms with E-state index in [4.69, 9.17) is 0 Å². The van der Waals surface area contributed by atoms with Crippen LogP contribution in [0.1, 0.15) is 31.2 Å². The van der Waals surface area contributed by atoms with E-state index >= 15 is 0 Å². The van der Waals surface area contributed by atoms with Crippen molar-refractivity contribution in [3.05, 3.63) is 35.4 Å². The van der Waals surface area contributed by atoms with Crippen LogP contribution in [0.2, 0.25) is 0 Å². The number of rotatable bonds is 3. The Morgan fingerprint density at radius 1 is 1.24 bits per heavy atom. The molecule has 1 aromatic rings. The van der Waals surface area contributed by atoms with E-state index in [9.17, 15) is 13.6 Å². The van der Waals surface area contributed by atoms with Crippen molar-refractivity contribution in [3.63, 3.8) is 0 Å². The van der Waals surface area contributed by atoms with Crippen molar-refractivity contribution in [1.29, 1.82) is 0 Å². The van der Waals surface area contributed by atoms with Crippen molar-refractivity contribution in [2.45, 2.75) is 31.7 Å². The van der Waals surface area contributed by atoms with Gasteiger partial charge in [-0.1, -0.05) is 6.07 Å². The third-order valence-corrected chi connectivity index (χ3v) is 4.28. The monoisotopic (exact) mass is 296 g/mol. The Kier molecular flexibility index (Phi) is 4.93. The second-order valence-corrected chi connectivity index (χ2v) is 5.85. The van der Waals surface area contributed by atoms with Crippen molar-refractivity contribution in [2.24, 2.45) is 0 Å². The van der Waals surface area contributed by atoms with Crippen LogP contribution in [-0.4, -0.2) is 48.9 Å². The van der Waals surface area contributed by atoms with E-state index in [0.717, 1.165) is 0 Å². The highest BCUT2D eigenvalue weighted by molar-refractivity contribution is 5.80. The molecule has 1 heterocycles. The summed E-state index contributed by atoms with van der Waals surface area (Å²) in [6.45, 7) is 3.24. The van der Waals surface area contributed by atoms with E-state index in [2.05, 4.69) is 4.90 Å². The summed E-state index contributed by atoms with van der Waals surface area (Å²) in [6.07, 6.45) is 1.34. The minimum absolute atomic E-state index is 0.0607. The van der Waals surface area contributed by atoms with Gasteiger partial charge in [-0.15, -0.1) is 0 Å². The molecule has 1 aromatic carbocycles. The van der Waals surface area contributed by atoms with Gasteiger partial charge >= 0.3 is 0 Å². The first-order valence-corrected chi connectivity index (χ1v) is 7.31. The Morgan fingerprint density at radius 3 is 2.24 bits per heavy atom. The molecule has 1 aliphatic heterocycles. The van der Waals surface area contributed by atoms with Crippen LogP contribution in [0.3, 0.4) is 0 Å². The lowest BCUT2D eigenvalue weighted by molar-refractivity contribution is -0.134. The molecule has 0 radical (unpaired) electrons. The number of carbonyl (C=O) groups excluding carboxylic acids is 1. The molecule has 1 unspecified atom stereocenters. The molecule has 0 spiro atoms. The molecule has 3 nitrogen and oxygen atoms in total. The van der Waals surface area contributed by atoms with Crippen LogP contribution in [0.4, 0.5) is 8.78 Å². The van der Waals surface area contributed by atoms with Gasteiger partial charge in [-0.3, -0.25) is 9.69 Å². The maximum atomic E-state index is 13.8. The van der Waals surface area contributed by atoms with Crippen LogP contribution in [-0.2, 0) is 4.79 Å². The number of likely N-dealkylation sites (N-methyl/N-ethyl adjacent to an activating group) is 1. The van der Waals surface area contributed by atoms with Crippen LogP contribution >= 0.6 is 0 Å². The fourth-order valence-electron chi connectivity index (χ4n) is 3.01. The maximum Gasteiger partial charge on any atom is 0.239 e. The number of hydrogen-bond acceptors (Lipinski definition) is 2. The number of nitrogens with zero attached hydrogens (tertiary/aromatic N) is 2. The van der Waals surface area contributed by atoms with Crippen LogP contribution in [0.5, 0.6) is 0 Å². The molecule has 1 atom stereocenters. The molecule has 116 valence electrons. The minimum atomic E-state index is -0.467. The third kappa shape index (κ3) is 3.40. The number of carbonyl (C=O) groups is 1. The molecule has 1 aliphatic rings. The molecule has 2 rings (SSSR count). The van der Waals surface area contributed by atoms with Crippen LogP contribution < -0.4 is 0 Å². The first-order chi connectivity index (χ1) is 9.91. The largest absolute Gasteiger partial charge is 0.347 e. The zero-order valence-corrected chi connectivity index (χ0v) is 12.8. The van der Waals surface area contributed by atoms with Gasteiger partial charge in [0.1, 0.15) is 11.6 Å². The van der Waals surface area contributed by atoms with Crippen LogP contribution in [0, 0.1) is 11.6 Å². The SMILES string of the molecule is CC(C(=O)N(C)C)N1CCC(c2c(F)cccc2F)CC1. The Morgan fingerprint density at radius 2 is 1.76 bits per heavy atom. The summed E-state index contributed by atoms with van der Waals surface area (Å²) in [6, 6.07) is 3.82. The predicted molar refractivity (Wildman–Crippen MR) is 78.1 cm³/mol. The number of piperidine rings is 1. The topological polar surface area (TPSA) is 23.6 Å². The van der Waals surface area contributed by atoms with Gasteiger partial charge < -0.3 is 4.90 Å². The maximum absolute atomic E-state index is 13.8. The lowest BCUT2D eigenvalue weighted by Crippen LogP contribution is -2.47. The lowest BCUT2D eigenvalue weighted by Gasteiger charge is -2.36. The fraction of sp³-hybridized carbons (Fsp3) is 0.562. The van der Waals surface area contributed by atoms with E-state index in [0.29, 0.717) is 25.9 Å². The van der Waals surface area contributed by atoms with Gasteiger partial charge in [0.25, 0.3) is 0 Å². The molecule has 5 heteroatoms. The summed E-state index contributed by atoms with van der Waals surface area (Å²) >= 11 is 0. The van der Waals surface area contributed by atoms with Crippen LogP contribution in [0.15, 0.2) is 18.2 Å². The normalized spacial score (nSPS) is 18.5. The van der Waals surface area contributed by atoms with E-state index < -0.39 is 11.6 Å². The first kappa shape index (κ1) is 15.9. The fourth-order valence-corrected chi connectivity index (χ4v) is 3.01. The molecular formula is C16H22F2N2O. The van der Waals surface area contributed by atoms with Gasteiger partial charge in [-0.2, -0.15) is 0 Å². The van der Waals surface area contributed by atoms with E-state index in [-0.39, 0.29) is 23.4 Å². The molecule has 0 aromatic heterocycles. The Bertz CT molecular complexity index is 491. The number of likely N-dealkylation sites (tertiary alicyclic amines) is 1. The molecule has 0 bridgehead atoms. The summed E-state index contributed by atoms with van der Waals surface area (Å²) in [5, 5.41) is 0. The summed E-state index contributed by atoms with van der Waals surface area (Å²) in [5.41, 5.74) is 0.198. The quantitative estimate of drug-likeness (QED) is 0.856. The average Bonchev–Trinajstić information content (AvgIpc) is 2.46. The van der Waals surface area contributed by atoms with E-state index in [1.54, 1.807) is 19.0 Å². The lowest BCUT2D eigenvalue weighted by atomic mass is 9.88. The molecule has 1 fully saturated rings. The highest BCUT2D eigenvalue weighted by Gasteiger charge is 2.30. The Labute approximate surface area is 124 Å². The minimum Gasteiger partial charge on any atom is -0.347 e. The molecule has 1 saturated heterocycles. The summed E-state index contributed by atoms with van der Waals surface area (Å²) in [7, 11) is 3.47. The van der Waals surface area contributed by atoms with Gasteiger partial charge in [-0.05, 0) is 50.9 Å². The van der Waals surface area contributed by atoms with Crippen molar-refractivity contribution >= 4 is 5.91 Å². The van der Waals surface area contributed by atoms with Gasteiger partial charge in [0.05, 0.1) is 6.04 Å².